The quantitative estimate of drug-likeness (QED) is 0.441. The molecule has 0 unspecified atom stereocenters. The summed E-state index contributed by atoms with van der Waals surface area (Å²) in [6, 6.07) is 11.4. The molecular weight excluding hydrogens is 488 g/mol. The Balaban J connectivity index is 1.54. The van der Waals surface area contributed by atoms with Crippen LogP contribution in [0, 0.1) is 29.4 Å². The fourth-order valence-corrected chi connectivity index (χ4v) is 4.75. The molecular formula is C27H27F2NO7. The number of fused-ring (bicyclic) bond motifs is 1. The van der Waals surface area contributed by atoms with Gasteiger partial charge < -0.3 is 19.5 Å². The van der Waals surface area contributed by atoms with Gasteiger partial charge in [-0.3, -0.25) is 9.59 Å². The number of ketones is 1. The van der Waals surface area contributed by atoms with Crippen molar-refractivity contribution in [2.75, 3.05) is 0 Å². The van der Waals surface area contributed by atoms with Gasteiger partial charge in [0.1, 0.15) is 36.2 Å². The number of alkyl carbamates (subject to hydrolysis) is 1. The molecule has 0 aliphatic heterocycles. The molecule has 0 radical (unpaired) electrons. The molecule has 2 aliphatic carbocycles. The first kappa shape index (κ1) is 26.2. The molecule has 0 aromatic heterocycles. The number of benzene rings is 2. The van der Waals surface area contributed by atoms with Gasteiger partial charge in [-0.2, -0.15) is 0 Å². The zero-order chi connectivity index (χ0) is 27.0. The van der Waals surface area contributed by atoms with Crippen LogP contribution in [0.5, 0.6) is 0 Å². The number of ether oxygens (including phenoxy) is 3. The maximum atomic E-state index is 14.1. The van der Waals surface area contributed by atoms with E-state index < -0.39 is 77.4 Å². The van der Waals surface area contributed by atoms with E-state index in [1.165, 1.54) is 36.4 Å². The first-order chi connectivity index (χ1) is 17.4. The summed E-state index contributed by atoms with van der Waals surface area (Å²) in [4.78, 5) is 51.7. The monoisotopic (exact) mass is 515 g/mol. The van der Waals surface area contributed by atoms with E-state index in [0.29, 0.717) is 0 Å². The summed E-state index contributed by atoms with van der Waals surface area (Å²) in [5.74, 6) is -6.25. The van der Waals surface area contributed by atoms with Crippen LogP contribution in [0.2, 0.25) is 0 Å². The lowest BCUT2D eigenvalue weighted by Gasteiger charge is -2.31. The van der Waals surface area contributed by atoms with Gasteiger partial charge in [0, 0.05) is 29.4 Å². The van der Waals surface area contributed by atoms with E-state index in [2.05, 4.69) is 5.32 Å². The fourth-order valence-electron chi connectivity index (χ4n) is 4.75. The van der Waals surface area contributed by atoms with E-state index in [4.69, 9.17) is 14.2 Å². The minimum atomic E-state index is -1.91. The van der Waals surface area contributed by atoms with Crippen molar-refractivity contribution in [3.05, 3.63) is 71.3 Å². The van der Waals surface area contributed by atoms with Crippen LogP contribution in [0.25, 0.3) is 0 Å². The number of amides is 1. The molecule has 1 N–H and O–H groups in total. The van der Waals surface area contributed by atoms with Gasteiger partial charge in [-0.25, -0.2) is 18.4 Å². The highest BCUT2D eigenvalue weighted by Gasteiger charge is 2.76. The minimum absolute atomic E-state index is 0.0979. The van der Waals surface area contributed by atoms with E-state index in [1.54, 1.807) is 32.9 Å². The number of carbonyl (C=O) groups is 4. The van der Waals surface area contributed by atoms with E-state index in [9.17, 15) is 28.0 Å². The van der Waals surface area contributed by atoms with Gasteiger partial charge in [0.25, 0.3) is 0 Å². The molecule has 2 aromatic rings. The molecule has 0 bridgehead atoms. The normalized spacial score (nSPS) is 24.1. The second-order valence-corrected chi connectivity index (χ2v) is 10.2. The second-order valence-electron chi connectivity index (χ2n) is 10.2. The van der Waals surface area contributed by atoms with Crippen molar-refractivity contribution in [3.63, 3.8) is 0 Å². The summed E-state index contributed by atoms with van der Waals surface area (Å²) in [5.41, 5.74) is -2.57. The Morgan fingerprint density at radius 2 is 1.49 bits per heavy atom. The summed E-state index contributed by atoms with van der Waals surface area (Å²) >= 11 is 0. The van der Waals surface area contributed by atoms with Crippen LogP contribution in [-0.2, 0) is 41.8 Å². The molecule has 8 nitrogen and oxygen atoms in total. The predicted molar refractivity (Wildman–Crippen MR) is 125 cm³/mol. The van der Waals surface area contributed by atoms with Gasteiger partial charge in [0.2, 0.25) is 0 Å². The number of carbonyl (C=O) groups excluding carboxylic acids is 4. The fraction of sp³-hybridized carbons (Fsp3) is 0.407. The van der Waals surface area contributed by atoms with Crippen molar-refractivity contribution in [2.24, 2.45) is 17.8 Å². The molecule has 37 heavy (non-hydrogen) atoms. The van der Waals surface area contributed by atoms with Gasteiger partial charge in [-0.1, -0.05) is 36.4 Å². The number of Topliss-reactive ketones (excluding diaryl/α,β-unsaturated/α-hetero) is 1. The standard InChI is InChI=1S/C27H27F2NO7/c1-26(2,3)37-25(34)30-27(24(33)36-14-16-9-5-7-11-18(16)29)12-19(31)20-21(22(20)27)23(32)35-13-15-8-4-6-10-17(15)28/h4-11,20-22H,12-14H2,1-3H3,(H,30,34)/t20-,21-,22-,27-/m0/s1. The van der Waals surface area contributed by atoms with E-state index in [-0.39, 0.29) is 17.7 Å². The Morgan fingerprint density at radius 1 is 0.946 bits per heavy atom. The highest BCUT2D eigenvalue weighted by atomic mass is 19.1. The molecule has 0 saturated heterocycles. The Morgan fingerprint density at radius 3 is 2.03 bits per heavy atom. The third-order valence-electron chi connectivity index (χ3n) is 6.42. The molecule has 4 rings (SSSR count). The number of halogens is 2. The SMILES string of the molecule is CC(C)(C)OC(=O)N[C@@]1(C(=O)OCc2ccccc2F)CC(=O)[C@H]2[C@H](C(=O)OCc3ccccc3F)[C@H]21. The molecule has 2 aliphatic rings. The van der Waals surface area contributed by atoms with Crippen LogP contribution >= 0.6 is 0 Å². The van der Waals surface area contributed by atoms with Crippen LogP contribution in [-0.4, -0.2) is 35.0 Å². The largest absolute Gasteiger partial charge is 0.460 e. The summed E-state index contributed by atoms with van der Waals surface area (Å²) in [7, 11) is 0. The van der Waals surface area contributed by atoms with E-state index >= 15 is 0 Å². The first-order valence-electron chi connectivity index (χ1n) is 11.8. The first-order valence-corrected chi connectivity index (χ1v) is 11.8. The van der Waals surface area contributed by atoms with Gasteiger partial charge >= 0.3 is 18.0 Å². The smallest absolute Gasteiger partial charge is 0.408 e. The number of hydrogen-bond donors (Lipinski definition) is 1. The molecule has 0 spiro atoms. The molecule has 4 atom stereocenters. The van der Waals surface area contributed by atoms with Crippen LogP contribution in [0.4, 0.5) is 13.6 Å². The molecule has 196 valence electrons. The Kier molecular flexibility index (Phi) is 7.03. The summed E-state index contributed by atoms with van der Waals surface area (Å²) in [6.45, 7) is 4.06. The number of nitrogens with one attached hydrogen (secondary N) is 1. The Labute approximate surface area is 212 Å². The average molecular weight is 516 g/mol. The van der Waals surface area contributed by atoms with Crippen molar-refractivity contribution >= 4 is 23.8 Å². The van der Waals surface area contributed by atoms with Crippen molar-refractivity contribution in [3.8, 4) is 0 Å². The van der Waals surface area contributed by atoms with Crippen molar-refractivity contribution < 1.29 is 42.2 Å². The van der Waals surface area contributed by atoms with Gasteiger partial charge in [-0.15, -0.1) is 0 Å². The summed E-state index contributed by atoms with van der Waals surface area (Å²) in [5, 5.41) is 2.47. The van der Waals surface area contributed by atoms with Gasteiger partial charge in [-0.05, 0) is 32.9 Å². The predicted octanol–water partition coefficient (Wildman–Crippen LogP) is 3.85. The van der Waals surface area contributed by atoms with Crippen molar-refractivity contribution in [1.29, 1.82) is 0 Å². The Bertz CT molecular complexity index is 1240. The van der Waals surface area contributed by atoms with Crippen molar-refractivity contribution in [1.82, 2.24) is 5.32 Å². The van der Waals surface area contributed by atoms with Crippen LogP contribution in [0.15, 0.2) is 48.5 Å². The molecule has 10 heteroatoms. The van der Waals surface area contributed by atoms with E-state index in [1.807, 2.05) is 0 Å². The van der Waals surface area contributed by atoms with Crippen LogP contribution in [0.3, 0.4) is 0 Å². The highest BCUT2D eigenvalue weighted by molar-refractivity contribution is 6.04. The lowest BCUT2D eigenvalue weighted by Crippen LogP contribution is -2.58. The zero-order valence-electron chi connectivity index (χ0n) is 20.6. The third-order valence-corrected chi connectivity index (χ3v) is 6.42. The van der Waals surface area contributed by atoms with Crippen LogP contribution in [0.1, 0.15) is 38.3 Å². The van der Waals surface area contributed by atoms with E-state index in [0.717, 1.165) is 0 Å². The molecule has 2 saturated carbocycles. The maximum absolute atomic E-state index is 14.1. The van der Waals surface area contributed by atoms with Crippen molar-refractivity contribution in [2.45, 2.75) is 51.5 Å². The lowest BCUT2D eigenvalue weighted by atomic mass is 9.90. The van der Waals surface area contributed by atoms with Crippen LogP contribution < -0.4 is 5.32 Å². The molecule has 2 aromatic carbocycles. The molecule has 0 heterocycles. The number of hydrogen-bond acceptors (Lipinski definition) is 7. The van der Waals surface area contributed by atoms with Gasteiger partial charge in [0.05, 0.1) is 5.92 Å². The number of esters is 2. The third kappa shape index (κ3) is 5.47. The highest BCUT2D eigenvalue weighted by Crippen LogP contribution is 2.61. The number of rotatable bonds is 7. The second kappa shape index (κ2) is 9.91. The minimum Gasteiger partial charge on any atom is -0.460 e. The Hall–Kier alpha value is -3.82. The summed E-state index contributed by atoms with van der Waals surface area (Å²) < 4.78 is 43.8. The lowest BCUT2D eigenvalue weighted by molar-refractivity contribution is -0.156. The molecule has 2 fully saturated rings. The molecule has 1 amide bonds. The summed E-state index contributed by atoms with van der Waals surface area (Å²) in [6.07, 6.45) is -1.40. The zero-order valence-corrected chi connectivity index (χ0v) is 20.6. The average Bonchev–Trinajstić information content (AvgIpc) is 3.51. The van der Waals surface area contributed by atoms with Gasteiger partial charge in [0.15, 0.2) is 5.54 Å². The topological polar surface area (TPSA) is 108 Å². The maximum Gasteiger partial charge on any atom is 0.408 e.